The van der Waals surface area contributed by atoms with Gasteiger partial charge in [0.25, 0.3) is 0 Å². The lowest BCUT2D eigenvalue weighted by atomic mass is 9.75. The smallest absolute Gasteiger partial charge is 0.215 e. The predicted molar refractivity (Wildman–Crippen MR) is 133 cm³/mol. The fourth-order valence-electron chi connectivity index (χ4n) is 5.04. The minimum atomic E-state index is -3.40. The van der Waals surface area contributed by atoms with E-state index in [9.17, 15) is 8.42 Å². The molecule has 0 amide bonds. The molecule has 1 heterocycles. The standard InChI is InChI=1S/C24H36N2O2S.C2H6/c1-5-11-23(4,22(25)17-19(2)3)18-29(27,28)26-15-13-24(14-16-26)12-10-20-8-6-7-9-21(20)24;1-2/h6-10,12,19,25H,5,11,13-18H2,1-4H3;1-2H3. The highest BCUT2D eigenvalue weighted by atomic mass is 32.2. The summed E-state index contributed by atoms with van der Waals surface area (Å²) in [6.45, 7) is 13.3. The number of benzene rings is 1. The summed E-state index contributed by atoms with van der Waals surface area (Å²) in [7, 11) is -3.40. The molecule has 1 N–H and O–H groups in total. The molecule has 0 radical (unpaired) electrons. The van der Waals surface area contributed by atoms with Crippen LogP contribution in [0.25, 0.3) is 6.08 Å². The second kappa shape index (κ2) is 10.4. The first-order chi connectivity index (χ1) is 14.6. The fraction of sp³-hybridized carbons (Fsp3) is 0.654. The first-order valence-corrected chi connectivity index (χ1v) is 13.6. The number of rotatable bonds is 8. The zero-order valence-corrected chi connectivity index (χ0v) is 21.2. The van der Waals surface area contributed by atoms with Crippen LogP contribution in [0, 0.1) is 16.7 Å². The molecule has 2 aliphatic rings. The van der Waals surface area contributed by atoms with Crippen molar-refractivity contribution in [1.29, 1.82) is 5.41 Å². The number of piperidine rings is 1. The first-order valence-electron chi connectivity index (χ1n) is 12.0. The number of hydrogen-bond acceptors (Lipinski definition) is 3. The van der Waals surface area contributed by atoms with E-state index in [1.165, 1.54) is 11.1 Å². The number of hydrogen-bond donors (Lipinski definition) is 1. The van der Waals surface area contributed by atoms with Gasteiger partial charge in [0.05, 0.1) is 5.75 Å². The molecule has 1 aliphatic heterocycles. The Morgan fingerprint density at radius 1 is 1.19 bits per heavy atom. The van der Waals surface area contributed by atoms with E-state index in [-0.39, 0.29) is 11.2 Å². The molecule has 0 bridgehead atoms. The Labute approximate surface area is 190 Å². The highest BCUT2D eigenvalue weighted by molar-refractivity contribution is 7.89. The quantitative estimate of drug-likeness (QED) is 0.478. The number of nitrogens with one attached hydrogen (secondary N) is 1. The van der Waals surface area contributed by atoms with Crippen molar-refractivity contribution in [2.24, 2.45) is 11.3 Å². The van der Waals surface area contributed by atoms with Gasteiger partial charge in [-0.2, -0.15) is 0 Å². The largest absolute Gasteiger partial charge is 0.309 e. The van der Waals surface area contributed by atoms with Gasteiger partial charge in [0.2, 0.25) is 10.0 Å². The van der Waals surface area contributed by atoms with Crippen molar-refractivity contribution < 1.29 is 8.42 Å². The molecule has 1 spiro atoms. The third-order valence-electron chi connectivity index (χ3n) is 6.73. The van der Waals surface area contributed by atoms with Crippen LogP contribution in [0.5, 0.6) is 0 Å². The summed E-state index contributed by atoms with van der Waals surface area (Å²) < 4.78 is 28.3. The van der Waals surface area contributed by atoms with E-state index < -0.39 is 15.4 Å². The van der Waals surface area contributed by atoms with E-state index in [1.54, 1.807) is 4.31 Å². The summed E-state index contributed by atoms with van der Waals surface area (Å²) in [6.07, 6.45) is 8.41. The third kappa shape index (κ3) is 5.67. The average molecular weight is 447 g/mol. The summed E-state index contributed by atoms with van der Waals surface area (Å²) in [6, 6.07) is 8.46. The van der Waals surface area contributed by atoms with Crippen molar-refractivity contribution in [2.45, 2.75) is 79.1 Å². The van der Waals surface area contributed by atoms with Crippen LogP contribution in [0.3, 0.4) is 0 Å². The fourth-order valence-corrected chi connectivity index (χ4v) is 7.09. The Morgan fingerprint density at radius 3 is 2.39 bits per heavy atom. The van der Waals surface area contributed by atoms with Crippen molar-refractivity contribution in [3.8, 4) is 0 Å². The first kappa shape index (κ1) is 25.8. The Bertz CT molecular complexity index is 880. The number of sulfonamides is 1. The van der Waals surface area contributed by atoms with Gasteiger partial charge < -0.3 is 5.41 Å². The molecular formula is C26H42N2O2S. The summed E-state index contributed by atoms with van der Waals surface area (Å²) >= 11 is 0. The van der Waals surface area contributed by atoms with E-state index in [4.69, 9.17) is 5.41 Å². The zero-order chi connectivity index (χ0) is 23.3. The van der Waals surface area contributed by atoms with E-state index >= 15 is 0 Å². The van der Waals surface area contributed by atoms with Crippen LogP contribution in [0.1, 0.15) is 84.8 Å². The third-order valence-corrected chi connectivity index (χ3v) is 8.88. The lowest BCUT2D eigenvalue weighted by Gasteiger charge is -2.40. The summed E-state index contributed by atoms with van der Waals surface area (Å²) in [5.41, 5.74) is 2.60. The number of nitrogens with zero attached hydrogens (tertiary/aromatic N) is 1. The zero-order valence-electron chi connectivity index (χ0n) is 20.4. The van der Waals surface area contributed by atoms with Gasteiger partial charge in [-0.15, -0.1) is 0 Å². The number of fused-ring (bicyclic) bond motifs is 2. The van der Waals surface area contributed by atoms with Crippen LogP contribution >= 0.6 is 0 Å². The van der Waals surface area contributed by atoms with Gasteiger partial charge in [-0.3, -0.25) is 0 Å². The molecule has 174 valence electrons. The predicted octanol–water partition coefficient (Wildman–Crippen LogP) is 6.28. The van der Waals surface area contributed by atoms with Gasteiger partial charge in [-0.05, 0) is 42.7 Å². The van der Waals surface area contributed by atoms with E-state index in [1.807, 2.05) is 20.8 Å². The van der Waals surface area contributed by atoms with Crippen molar-refractivity contribution in [3.05, 3.63) is 41.5 Å². The average Bonchev–Trinajstić information content (AvgIpc) is 3.07. The van der Waals surface area contributed by atoms with Gasteiger partial charge in [-0.25, -0.2) is 12.7 Å². The Morgan fingerprint density at radius 2 is 1.81 bits per heavy atom. The van der Waals surface area contributed by atoms with Gasteiger partial charge in [0, 0.05) is 29.6 Å². The molecule has 3 rings (SSSR count). The lowest BCUT2D eigenvalue weighted by Crippen LogP contribution is -2.48. The Hall–Kier alpha value is -1.46. The Kier molecular flexibility index (Phi) is 8.69. The molecule has 0 saturated carbocycles. The van der Waals surface area contributed by atoms with Crippen molar-refractivity contribution in [3.63, 3.8) is 0 Å². The van der Waals surface area contributed by atoms with Gasteiger partial charge in [-0.1, -0.05) is 84.4 Å². The molecule has 31 heavy (non-hydrogen) atoms. The molecule has 1 aromatic rings. The van der Waals surface area contributed by atoms with Crippen LogP contribution in [-0.2, 0) is 15.4 Å². The van der Waals surface area contributed by atoms with Gasteiger partial charge >= 0.3 is 0 Å². The summed E-state index contributed by atoms with van der Waals surface area (Å²) in [5.74, 6) is 0.421. The molecular weight excluding hydrogens is 404 g/mol. The van der Waals surface area contributed by atoms with E-state index in [0.717, 1.165) is 25.7 Å². The Balaban J connectivity index is 0.00000166. The second-order valence-corrected chi connectivity index (χ2v) is 11.6. The van der Waals surface area contributed by atoms with Crippen LogP contribution in [0.15, 0.2) is 30.3 Å². The van der Waals surface area contributed by atoms with Crippen LogP contribution in [0.2, 0.25) is 0 Å². The summed E-state index contributed by atoms with van der Waals surface area (Å²) in [4.78, 5) is 0. The lowest BCUT2D eigenvalue weighted by molar-refractivity contribution is 0.271. The molecule has 0 aromatic heterocycles. The molecule has 1 fully saturated rings. The maximum Gasteiger partial charge on any atom is 0.215 e. The van der Waals surface area contributed by atoms with E-state index in [0.29, 0.717) is 31.1 Å². The second-order valence-electron chi connectivity index (χ2n) is 9.62. The normalized spacial score (nSPS) is 19.6. The van der Waals surface area contributed by atoms with Crippen molar-refractivity contribution in [1.82, 2.24) is 4.31 Å². The topological polar surface area (TPSA) is 61.2 Å². The molecule has 4 nitrogen and oxygen atoms in total. The monoisotopic (exact) mass is 446 g/mol. The van der Waals surface area contributed by atoms with Gasteiger partial charge in [0.1, 0.15) is 0 Å². The maximum absolute atomic E-state index is 13.3. The molecule has 1 aliphatic carbocycles. The molecule has 1 atom stereocenters. The molecule has 5 heteroatoms. The highest BCUT2D eigenvalue weighted by Crippen LogP contribution is 2.44. The minimum Gasteiger partial charge on any atom is -0.309 e. The van der Waals surface area contributed by atoms with Gasteiger partial charge in [0.15, 0.2) is 0 Å². The maximum atomic E-state index is 13.3. The SMILES string of the molecule is CC.CCCC(C)(CS(=O)(=O)N1CCC2(C=Cc3ccccc32)CC1)C(=N)CC(C)C. The molecule has 1 aromatic carbocycles. The summed E-state index contributed by atoms with van der Waals surface area (Å²) in [5, 5.41) is 8.59. The van der Waals surface area contributed by atoms with Crippen molar-refractivity contribution >= 4 is 21.8 Å². The van der Waals surface area contributed by atoms with Crippen LogP contribution in [-0.4, -0.2) is 37.3 Å². The molecule has 1 unspecified atom stereocenters. The number of allylic oxidation sites excluding steroid dienone is 1. The van der Waals surface area contributed by atoms with Crippen LogP contribution in [0.4, 0.5) is 0 Å². The van der Waals surface area contributed by atoms with Crippen LogP contribution < -0.4 is 0 Å². The van der Waals surface area contributed by atoms with Crippen molar-refractivity contribution in [2.75, 3.05) is 18.8 Å². The minimum absolute atomic E-state index is 0.0142. The highest BCUT2D eigenvalue weighted by Gasteiger charge is 2.43. The molecule has 1 saturated heterocycles. The van der Waals surface area contributed by atoms with E-state index in [2.05, 4.69) is 57.2 Å².